The third-order valence-corrected chi connectivity index (χ3v) is 6.16. The van der Waals surface area contributed by atoms with E-state index in [-0.39, 0.29) is 26.8 Å². The molecule has 0 aliphatic rings. The largest absolute Gasteiger partial charge is 0.663 e. The number of hydrogen-bond donors (Lipinski definition) is 1. The first-order chi connectivity index (χ1) is 17.0. The van der Waals surface area contributed by atoms with Gasteiger partial charge in [0.1, 0.15) is 11.5 Å². The number of carbonyl (C=O) groups is 1. The zero-order chi connectivity index (χ0) is 24.1. The Morgan fingerprint density at radius 2 is 1.58 bits per heavy atom. The average Bonchev–Trinajstić information content (AvgIpc) is 3.48. The minimum Gasteiger partial charge on any atom is -0.663 e. The maximum Gasteiger partial charge on any atom is 0.354 e. The topological polar surface area (TPSA) is 82.1 Å². The molecule has 0 aliphatic carbocycles. The molecule has 3 aromatic carbocycles. The Labute approximate surface area is 221 Å². The van der Waals surface area contributed by atoms with Crippen LogP contribution in [0.3, 0.4) is 0 Å². The minimum absolute atomic E-state index is 0. The first-order valence-corrected chi connectivity index (χ1v) is 11.3. The van der Waals surface area contributed by atoms with Gasteiger partial charge in [-0.25, -0.2) is 14.8 Å². The molecule has 0 spiro atoms. The fraction of sp³-hybridized carbons (Fsp3) is 0.0690. The minimum atomic E-state index is -1.06. The third kappa shape index (κ3) is 3.94. The van der Waals surface area contributed by atoms with Gasteiger partial charge in [-0.05, 0) is 60.7 Å². The molecular formula is C29H21N4O2Pt-. The van der Waals surface area contributed by atoms with E-state index in [1.807, 2.05) is 54.7 Å². The number of benzene rings is 3. The van der Waals surface area contributed by atoms with Gasteiger partial charge in [0, 0.05) is 37.9 Å². The summed E-state index contributed by atoms with van der Waals surface area (Å²) in [7, 11) is 0. The Bertz CT molecular complexity index is 1750. The quantitative estimate of drug-likeness (QED) is 0.246. The van der Waals surface area contributed by atoms with Gasteiger partial charge in [0.05, 0.1) is 16.7 Å². The van der Waals surface area contributed by atoms with E-state index in [9.17, 15) is 9.90 Å². The van der Waals surface area contributed by atoms with Crippen LogP contribution in [0.4, 0.5) is 0 Å². The monoisotopic (exact) mass is 652 g/mol. The van der Waals surface area contributed by atoms with Crippen LogP contribution in [0.15, 0.2) is 85.1 Å². The van der Waals surface area contributed by atoms with Gasteiger partial charge < -0.3 is 10.1 Å². The van der Waals surface area contributed by atoms with Crippen LogP contribution in [0, 0.1) is 13.8 Å². The van der Waals surface area contributed by atoms with Gasteiger partial charge in [-0.15, -0.1) is 5.52 Å². The smallest absolute Gasteiger partial charge is 0.354 e. The molecule has 0 atom stereocenters. The zero-order valence-electron chi connectivity index (χ0n) is 19.5. The molecule has 6 rings (SSSR count). The fourth-order valence-electron chi connectivity index (χ4n) is 4.74. The Balaban J connectivity index is 0.00000267. The number of aromatic carboxylic acids is 1. The van der Waals surface area contributed by atoms with Crippen molar-refractivity contribution in [2.45, 2.75) is 13.8 Å². The number of aromatic nitrogens is 4. The van der Waals surface area contributed by atoms with Gasteiger partial charge in [0.2, 0.25) is 0 Å². The maximum absolute atomic E-state index is 11.5. The van der Waals surface area contributed by atoms with Gasteiger partial charge in [0.15, 0.2) is 0 Å². The molecule has 0 saturated carbocycles. The summed E-state index contributed by atoms with van der Waals surface area (Å²) in [5.74, 6) is -0.287. The number of para-hydroxylation sites is 2. The Kier molecular flexibility index (Phi) is 6.07. The second-order valence-corrected chi connectivity index (χ2v) is 8.69. The van der Waals surface area contributed by atoms with E-state index in [2.05, 4.69) is 46.6 Å². The Morgan fingerprint density at radius 3 is 2.36 bits per heavy atom. The number of pyridine rings is 1. The second-order valence-electron chi connectivity index (χ2n) is 8.69. The normalized spacial score (nSPS) is 11.1. The molecule has 0 saturated heterocycles. The van der Waals surface area contributed by atoms with Crippen molar-refractivity contribution in [3.63, 3.8) is 0 Å². The summed E-state index contributed by atoms with van der Waals surface area (Å²) in [6.07, 6.45) is 1.81. The zero-order valence-corrected chi connectivity index (χ0v) is 21.8. The molecule has 0 fully saturated rings. The number of carboxylic acid groups (broad SMARTS) is 1. The van der Waals surface area contributed by atoms with E-state index in [0.717, 1.165) is 55.7 Å². The molecule has 7 heteroatoms. The fourth-order valence-corrected chi connectivity index (χ4v) is 4.74. The number of nitrogens with zero attached hydrogens (tertiary/aromatic N) is 4. The summed E-state index contributed by atoms with van der Waals surface area (Å²) < 4.78 is 2.16. The molecule has 0 aliphatic heterocycles. The van der Waals surface area contributed by atoms with Crippen molar-refractivity contribution < 1.29 is 31.0 Å². The van der Waals surface area contributed by atoms with Crippen LogP contribution in [0.1, 0.15) is 21.6 Å². The van der Waals surface area contributed by atoms with Crippen molar-refractivity contribution >= 4 is 27.9 Å². The number of fused-ring (bicyclic) bond motifs is 2. The van der Waals surface area contributed by atoms with Crippen molar-refractivity contribution in [1.82, 2.24) is 19.5 Å². The molecule has 180 valence electrons. The number of hydrogen-bond acceptors (Lipinski definition) is 3. The van der Waals surface area contributed by atoms with Crippen molar-refractivity contribution in [2.24, 2.45) is 0 Å². The molecule has 1 N–H and O–H groups in total. The standard InChI is InChI=1S/C29H22N4O2.Pt/c1-17-14-18(2)16-20(15-17)33-25-11-4-7-21(23-9-5-10-24(31-23)29(34)35)27(25)32-28(33)22-8-3-6-19-12-13-30-26(19)22;/h3-16H,1-2H3,(H2,30,31,32,34,35);/p-1. The molecule has 0 radical (unpaired) electrons. The van der Waals surface area contributed by atoms with Gasteiger partial charge in [-0.3, -0.25) is 4.57 Å². The average molecular weight is 653 g/mol. The van der Waals surface area contributed by atoms with E-state index in [0.29, 0.717) is 5.69 Å². The second kappa shape index (κ2) is 9.21. The van der Waals surface area contributed by atoms with Crippen LogP contribution in [0.5, 0.6) is 0 Å². The first kappa shape index (κ1) is 23.7. The first-order valence-electron chi connectivity index (χ1n) is 11.3. The summed E-state index contributed by atoms with van der Waals surface area (Å²) in [5, 5.41) is 10.5. The molecule has 3 aromatic heterocycles. The summed E-state index contributed by atoms with van der Waals surface area (Å²) in [4.78, 5) is 25.7. The number of carboxylic acids is 1. The van der Waals surface area contributed by atoms with Crippen LogP contribution in [0.2, 0.25) is 0 Å². The predicted molar refractivity (Wildman–Crippen MR) is 137 cm³/mol. The molecule has 0 unspecified atom stereocenters. The van der Waals surface area contributed by atoms with Gasteiger partial charge in [-0.2, -0.15) is 6.20 Å². The Morgan fingerprint density at radius 1 is 0.861 bits per heavy atom. The Hall–Kier alpha value is -4.02. The van der Waals surface area contributed by atoms with Crippen molar-refractivity contribution in [2.75, 3.05) is 0 Å². The van der Waals surface area contributed by atoms with E-state index in [1.165, 1.54) is 6.07 Å². The van der Waals surface area contributed by atoms with Crippen LogP contribution >= 0.6 is 0 Å². The van der Waals surface area contributed by atoms with Crippen molar-refractivity contribution in [1.29, 1.82) is 0 Å². The van der Waals surface area contributed by atoms with Crippen LogP contribution in [-0.4, -0.2) is 25.6 Å². The molecule has 0 bridgehead atoms. The summed E-state index contributed by atoms with van der Waals surface area (Å²) in [6, 6.07) is 25.5. The van der Waals surface area contributed by atoms with E-state index < -0.39 is 5.97 Å². The number of rotatable bonds is 4. The van der Waals surface area contributed by atoms with E-state index in [1.54, 1.807) is 6.07 Å². The van der Waals surface area contributed by atoms with Gasteiger partial charge in [0.25, 0.3) is 0 Å². The molecular weight excluding hydrogens is 631 g/mol. The molecule has 6 nitrogen and oxygen atoms in total. The van der Waals surface area contributed by atoms with Crippen LogP contribution in [-0.2, 0) is 21.1 Å². The number of aryl methyl sites for hydroxylation is 2. The molecule has 0 amide bonds. The summed E-state index contributed by atoms with van der Waals surface area (Å²) in [5.41, 5.74) is 8.14. The number of imidazole rings is 1. The molecule has 3 heterocycles. The van der Waals surface area contributed by atoms with Crippen molar-refractivity contribution in [3.05, 3.63) is 102 Å². The van der Waals surface area contributed by atoms with Gasteiger partial charge in [-0.1, -0.05) is 48.5 Å². The van der Waals surface area contributed by atoms with Gasteiger partial charge >= 0.3 is 5.97 Å². The molecule has 6 aromatic rings. The van der Waals surface area contributed by atoms with Crippen LogP contribution < -0.4 is 4.98 Å². The third-order valence-electron chi connectivity index (χ3n) is 6.16. The van der Waals surface area contributed by atoms with E-state index >= 15 is 0 Å². The van der Waals surface area contributed by atoms with E-state index in [4.69, 9.17) is 4.98 Å². The predicted octanol–water partition coefficient (Wildman–Crippen LogP) is 6.18. The molecule has 36 heavy (non-hydrogen) atoms. The van der Waals surface area contributed by atoms with Crippen molar-refractivity contribution in [3.8, 4) is 28.3 Å². The maximum atomic E-state index is 11.5. The van der Waals surface area contributed by atoms with Crippen LogP contribution in [0.25, 0.3) is 50.3 Å². The summed E-state index contributed by atoms with van der Waals surface area (Å²) >= 11 is 0. The SMILES string of the molecule is Cc1cc(C)cc(-n2c(-c3cccc4cc[n-]c34)nc3c(-c4cccc(C(=O)O)n4)cccc32)c1.[Pt]. The summed E-state index contributed by atoms with van der Waals surface area (Å²) in [6.45, 7) is 4.17.